The summed E-state index contributed by atoms with van der Waals surface area (Å²) in [5.74, 6) is 0. The third-order valence-corrected chi connectivity index (χ3v) is 6.89. The van der Waals surface area contributed by atoms with Gasteiger partial charge in [0.25, 0.3) is 0 Å². The summed E-state index contributed by atoms with van der Waals surface area (Å²) < 4.78 is 27.6. The monoisotopic (exact) mass is 500 g/mol. The molecule has 0 aliphatic carbocycles. The molecule has 13 atom stereocenters. The average Bonchev–Trinajstić information content (AvgIpc) is 2.83. The van der Waals surface area contributed by atoms with Crippen molar-refractivity contribution >= 4 is 11.8 Å². The van der Waals surface area contributed by atoms with Gasteiger partial charge in [-0.15, -0.1) is 0 Å². The van der Waals surface area contributed by atoms with Crippen molar-refractivity contribution < 1.29 is 64.5 Å². The maximum Gasteiger partial charge on any atom is 0.187 e. The third-order valence-electron chi connectivity index (χ3n) is 5.92. The van der Waals surface area contributed by atoms with Gasteiger partial charge < -0.3 is 64.5 Å². The minimum atomic E-state index is -1.75. The average molecular weight is 501 g/mol. The van der Waals surface area contributed by atoms with Crippen LogP contribution in [0.1, 0.15) is 0 Å². The van der Waals surface area contributed by atoms with Gasteiger partial charge in [0.05, 0.1) is 31.3 Å². The highest BCUT2D eigenvalue weighted by Gasteiger charge is 2.51. The Labute approximate surface area is 194 Å². The van der Waals surface area contributed by atoms with E-state index >= 15 is 0 Å². The fraction of sp³-hybridized carbons (Fsp3) is 0.895. The van der Waals surface area contributed by atoms with E-state index in [-0.39, 0.29) is 11.9 Å². The first kappa shape index (κ1) is 27.0. The zero-order chi connectivity index (χ0) is 24.3. The molecule has 0 aromatic rings. The molecular weight excluding hydrogens is 468 g/mol. The number of rotatable bonds is 8. The van der Waals surface area contributed by atoms with Crippen molar-refractivity contribution in [1.29, 1.82) is 0 Å². The van der Waals surface area contributed by atoms with Crippen LogP contribution in [0.5, 0.6) is 0 Å². The van der Waals surface area contributed by atoms with Crippen molar-refractivity contribution in [2.45, 2.75) is 78.9 Å². The van der Waals surface area contributed by atoms with E-state index in [1.54, 1.807) is 6.08 Å². The van der Waals surface area contributed by atoms with Crippen molar-refractivity contribution in [1.82, 2.24) is 0 Å². The van der Waals surface area contributed by atoms with E-state index in [2.05, 4.69) is 0 Å². The smallest absolute Gasteiger partial charge is 0.187 e. The summed E-state index contributed by atoms with van der Waals surface area (Å²) in [5.41, 5.74) is 0. The van der Waals surface area contributed by atoms with Gasteiger partial charge in [0.1, 0.15) is 61.0 Å². The zero-order valence-electron chi connectivity index (χ0n) is 17.8. The van der Waals surface area contributed by atoms with Gasteiger partial charge in [0.2, 0.25) is 0 Å². The fourth-order valence-electron chi connectivity index (χ4n) is 3.97. The van der Waals surface area contributed by atoms with Gasteiger partial charge in [-0.25, -0.2) is 0 Å². The number of ether oxygens (including phenoxy) is 5. The lowest BCUT2D eigenvalue weighted by Crippen LogP contribution is -2.65. The second-order valence-electron chi connectivity index (χ2n) is 7.99. The summed E-state index contributed by atoms with van der Waals surface area (Å²) in [6.07, 6.45) is -11.9. The lowest BCUT2D eigenvalue weighted by molar-refractivity contribution is -0.364. The largest absolute Gasteiger partial charge is 0.493 e. The molecule has 0 saturated carbocycles. The molecule has 5 unspecified atom stereocenters. The van der Waals surface area contributed by atoms with Gasteiger partial charge in [-0.3, -0.25) is 0 Å². The Morgan fingerprint density at radius 2 is 1.24 bits per heavy atom. The van der Waals surface area contributed by atoms with Gasteiger partial charge in [-0.1, -0.05) is 0 Å². The summed E-state index contributed by atoms with van der Waals surface area (Å²) in [4.78, 5) is 0. The Balaban J connectivity index is 1.72. The standard InChI is InChI=1S/C19H32O13S/c1-33-10-2-3-28-8(5-21)16(10)31-19-15(27)13(25)17(9(6-22)30-19)32-18-14(26)12(24)11(23)7(4-20)29-18/h2-3,7-27H,4-6H2,1H3/t7?,8?,9?,10-,11-,12+,13-,14?,15?,16-,17-,18+,19+/m1/s1. The number of hydrogen-bond acceptors (Lipinski definition) is 14. The summed E-state index contributed by atoms with van der Waals surface area (Å²) in [5, 5.41) is 79.8. The van der Waals surface area contributed by atoms with Crippen molar-refractivity contribution in [2.24, 2.45) is 0 Å². The van der Waals surface area contributed by atoms with Crippen LogP contribution in [0.4, 0.5) is 0 Å². The molecule has 2 saturated heterocycles. The van der Waals surface area contributed by atoms with Crippen LogP contribution in [0.15, 0.2) is 12.3 Å². The van der Waals surface area contributed by atoms with E-state index in [0.717, 1.165) is 0 Å². The van der Waals surface area contributed by atoms with Crippen LogP contribution >= 0.6 is 11.8 Å². The molecule has 3 aliphatic heterocycles. The van der Waals surface area contributed by atoms with Crippen LogP contribution in [0.25, 0.3) is 0 Å². The number of aliphatic hydroxyl groups excluding tert-OH is 8. The maximum absolute atomic E-state index is 10.7. The minimum Gasteiger partial charge on any atom is -0.493 e. The molecule has 33 heavy (non-hydrogen) atoms. The third kappa shape index (κ3) is 5.64. The first-order valence-corrected chi connectivity index (χ1v) is 11.8. The Kier molecular flexibility index (Phi) is 9.74. The molecule has 2 fully saturated rings. The zero-order valence-corrected chi connectivity index (χ0v) is 18.6. The Hall–Kier alpha value is -0.590. The molecule has 0 aromatic carbocycles. The van der Waals surface area contributed by atoms with Crippen LogP contribution in [0.3, 0.4) is 0 Å². The van der Waals surface area contributed by atoms with Crippen LogP contribution in [-0.4, -0.2) is 146 Å². The van der Waals surface area contributed by atoms with E-state index in [0.29, 0.717) is 0 Å². The summed E-state index contributed by atoms with van der Waals surface area (Å²) >= 11 is 1.41. The van der Waals surface area contributed by atoms with Crippen molar-refractivity contribution in [3.05, 3.63) is 12.3 Å². The normalized spacial score (nSPS) is 48.5. The van der Waals surface area contributed by atoms with E-state index in [4.69, 9.17) is 23.7 Å². The molecule has 0 amide bonds. The highest BCUT2D eigenvalue weighted by atomic mass is 32.2. The molecule has 3 aliphatic rings. The predicted octanol–water partition coefficient (Wildman–Crippen LogP) is -4.37. The van der Waals surface area contributed by atoms with E-state index in [1.165, 1.54) is 18.0 Å². The summed E-state index contributed by atoms with van der Waals surface area (Å²) in [6.45, 7) is -1.73. The van der Waals surface area contributed by atoms with E-state index < -0.39 is 86.8 Å². The van der Waals surface area contributed by atoms with Crippen LogP contribution in [0.2, 0.25) is 0 Å². The molecule has 0 bridgehead atoms. The summed E-state index contributed by atoms with van der Waals surface area (Å²) in [6, 6.07) is 0. The molecule has 3 heterocycles. The quantitative estimate of drug-likeness (QED) is 0.158. The van der Waals surface area contributed by atoms with Crippen LogP contribution in [0, 0.1) is 0 Å². The molecular formula is C19H32O13S. The van der Waals surface area contributed by atoms with Crippen molar-refractivity contribution in [3.8, 4) is 0 Å². The molecule has 14 heteroatoms. The van der Waals surface area contributed by atoms with Gasteiger partial charge in [0, 0.05) is 0 Å². The topological polar surface area (TPSA) is 208 Å². The van der Waals surface area contributed by atoms with Crippen LogP contribution in [-0.2, 0) is 23.7 Å². The SMILES string of the molecule is CS[C@@H]1C=COC(CO)[C@H]1O[C@@H]1OC(CO)[C@@H](O[C@@H]2OC(CO)[C@@H](O)[C@H](O)C2O)[C@H](O)C1O. The maximum atomic E-state index is 10.7. The first-order chi connectivity index (χ1) is 15.8. The van der Waals surface area contributed by atoms with Crippen molar-refractivity contribution in [3.63, 3.8) is 0 Å². The van der Waals surface area contributed by atoms with E-state index in [9.17, 15) is 40.9 Å². The summed E-state index contributed by atoms with van der Waals surface area (Å²) in [7, 11) is 0. The van der Waals surface area contributed by atoms with Gasteiger partial charge in [-0.2, -0.15) is 11.8 Å². The molecule has 3 rings (SSSR count). The number of hydrogen-bond donors (Lipinski definition) is 8. The Bertz CT molecular complexity index is 637. The highest BCUT2D eigenvalue weighted by Crippen LogP contribution is 2.32. The second-order valence-corrected chi connectivity index (χ2v) is 9.01. The molecule has 8 N–H and O–H groups in total. The van der Waals surface area contributed by atoms with Crippen molar-refractivity contribution in [2.75, 3.05) is 26.1 Å². The molecule has 0 spiro atoms. The van der Waals surface area contributed by atoms with Gasteiger partial charge >= 0.3 is 0 Å². The minimum absolute atomic E-state index is 0.250. The molecule has 0 radical (unpaired) electrons. The lowest BCUT2D eigenvalue weighted by atomic mass is 9.97. The molecule has 192 valence electrons. The van der Waals surface area contributed by atoms with E-state index in [1.807, 2.05) is 6.26 Å². The Morgan fingerprint density at radius 3 is 1.82 bits per heavy atom. The predicted molar refractivity (Wildman–Crippen MR) is 110 cm³/mol. The fourth-order valence-corrected chi connectivity index (χ4v) is 4.70. The van der Waals surface area contributed by atoms with Crippen LogP contribution < -0.4 is 0 Å². The Morgan fingerprint density at radius 1 is 0.697 bits per heavy atom. The number of thioether (sulfide) groups is 1. The van der Waals surface area contributed by atoms with Gasteiger partial charge in [0.15, 0.2) is 12.6 Å². The molecule has 0 aromatic heterocycles. The number of aliphatic hydroxyl groups is 8. The lowest BCUT2D eigenvalue weighted by Gasteiger charge is -2.47. The molecule has 13 nitrogen and oxygen atoms in total. The van der Waals surface area contributed by atoms with Gasteiger partial charge in [-0.05, 0) is 12.3 Å². The highest BCUT2D eigenvalue weighted by molar-refractivity contribution is 7.99. The first-order valence-electron chi connectivity index (χ1n) is 10.5. The second kappa shape index (κ2) is 11.9.